The van der Waals surface area contributed by atoms with Crippen molar-refractivity contribution in [3.8, 4) is 0 Å². The van der Waals surface area contributed by atoms with Crippen LogP contribution < -0.4 is 4.72 Å². The molecule has 7 heteroatoms. The van der Waals surface area contributed by atoms with E-state index in [2.05, 4.69) is 20.7 Å². The fourth-order valence-corrected chi connectivity index (χ4v) is 3.44. The maximum absolute atomic E-state index is 12.0. The number of nitrogens with one attached hydrogen (secondary N) is 1. The zero-order valence-corrected chi connectivity index (χ0v) is 14.2. The molecule has 0 aromatic heterocycles. The third-order valence-electron chi connectivity index (χ3n) is 2.55. The maximum Gasteiger partial charge on any atom is 0.240 e. The highest BCUT2D eigenvalue weighted by Gasteiger charge is 2.14. The highest BCUT2D eigenvalue weighted by Crippen LogP contribution is 2.25. The molecule has 0 unspecified atom stereocenters. The third-order valence-corrected chi connectivity index (χ3v) is 5.49. The smallest absolute Gasteiger partial charge is 0.211 e. The molecular formula is C12H16BrCl2NO2S. The van der Waals surface area contributed by atoms with Crippen molar-refractivity contribution in [2.75, 3.05) is 12.4 Å². The molecule has 0 radical (unpaired) electrons. The molecular weight excluding hydrogens is 373 g/mol. The fourth-order valence-electron chi connectivity index (χ4n) is 1.51. The van der Waals surface area contributed by atoms with Gasteiger partial charge < -0.3 is 0 Å². The van der Waals surface area contributed by atoms with Gasteiger partial charge in [0.1, 0.15) is 0 Å². The minimum absolute atomic E-state index is 0.213. The Bertz CT molecular complexity index is 508. The van der Waals surface area contributed by atoms with Crippen LogP contribution in [-0.4, -0.2) is 20.8 Å². The number of alkyl halides is 1. The molecule has 0 bridgehead atoms. The molecule has 1 N–H and O–H groups in total. The summed E-state index contributed by atoms with van der Waals surface area (Å²) >= 11 is 14.6. The van der Waals surface area contributed by atoms with E-state index in [1.165, 1.54) is 12.1 Å². The van der Waals surface area contributed by atoms with E-state index < -0.39 is 10.0 Å². The lowest BCUT2D eigenvalue weighted by atomic mass is 10.2. The SMILES string of the molecule is O=S(=O)(NCCCCCCCl)c1ccc(Cl)c(Br)c1. The highest BCUT2D eigenvalue weighted by atomic mass is 79.9. The summed E-state index contributed by atoms with van der Waals surface area (Å²) in [5.74, 6) is 0.657. The van der Waals surface area contributed by atoms with Crippen LogP contribution >= 0.6 is 39.1 Å². The Morgan fingerprint density at radius 2 is 1.84 bits per heavy atom. The topological polar surface area (TPSA) is 46.2 Å². The van der Waals surface area contributed by atoms with Crippen molar-refractivity contribution in [1.29, 1.82) is 0 Å². The van der Waals surface area contributed by atoms with Crippen molar-refractivity contribution in [3.63, 3.8) is 0 Å². The molecule has 0 saturated carbocycles. The molecule has 0 amide bonds. The zero-order valence-electron chi connectivity index (χ0n) is 10.3. The third kappa shape index (κ3) is 6.00. The molecule has 0 spiro atoms. The van der Waals surface area contributed by atoms with Gasteiger partial charge in [0, 0.05) is 16.9 Å². The molecule has 0 aliphatic heterocycles. The molecule has 0 aliphatic rings. The summed E-state index contributed by atoms with van der Waals surface area (Å²) in [7, 11) is -3.46. The van der Waals surface area contributed by atoms with Crippen molar-refractivity contribution >= 4 is 49.2 Å². The Morgan fingerprint density at radius 1 is 1.16 bits per heavy atom. The first-order valence-electron chi connectivity index (χ1n) is 5.98. The summed E-state index contributed by atoms with van der Waals surface area (Å²) in [5, 5.41) is 0.486. The van der Waals surface area contributed by atoms with E-state index in [1.807, 2.05) is 0 Å². The molecule has 0 aliphatic carbocycles. The summed E-state index contributed by atoms with van der Waals surface area (Å²) in [5.41, 5.74) is 0. The van der Waals surface area contributed by atoms with Crippen LogP contribution in [0.15, 0.2) is 27.6 Å². The van der Waals surface area contributed by atoms with E-state index in [0.717, 1.165) is 25.7 Å². The minimum atomic E-state index is -3.46. The standard InChI is InChI=1S/C12H16BrCl2NO2S/c13-11-9-10(5-6-12(11)15)19(17,18)16-8-4-2-1-3-7-14/h5-6,9,16H,1-4,7-8H2. The summed E-state index contributed by atoms with van der Waals surface area (Å²) < 4.78 is 27.1. The van der Waals surface area contributed by atoms with Crippen molar-refractivity contribution < 1.29 is 8.42 Å². The Labute approximate surface area is 132 Å². The Kier molecular flexibility index (Phi) is 7.69. The van der Waals surface area contributed by atoms with Gasteiger partial charge in [-0.15, -0.1) is 11.6 Å². The van der Waals surface area contributed by atoms with E-state index >= 15 is 0 Å². The van der Waals surface area contributed by atoms with Crippen LogP contribution in [0.3, 0.4) is 0 Å². The van der Waals surface area contributed by atoms with Crippen molar-refractivity contribution in [3.05, 3.63) is 27.7 Å². The molecule has 1 aromatic rings. The van der Waals surface area contributed by atoms with E-state index in [9.17, 15) is 8.42 Å². The Balaban J connectivity index is 2.49. The van der Waals surface area contributed by atoms with Crippen LogP contribution in [-0.2, 0) is 10.0 Å². The quantitative estimate of drug-likeness (QED) is 0.536. The number of rotatable bonds is 8. The first kappa shape index (κ1) is 17.2. The van der Waals surface area contributed by atoms with Gasteiger partial charge >= 0.3 is 0 Å². The number of sulfonamides is 1. The average Bonchev–Trinajstić information content (AvgIpc) is 2.36. The van der Waals surface area contributed by atoms with Crippen LogP contribution in [0.5, 0.6) is 0 Å². The number of benzene rings is 1. The van der Waals surface area contributed by atoms with Crippen molar-refractivity contribution in [1.82, 2.24) is 4.72 Å². The van der Waals surface area contributed by atoms with E-state index in [0.29, 0.717) is 21.9 Å². The lowest BCUT2D eigenvalue weighted by Gasteiger charge is -2.07. The molecule has 0 saturated heterocycles. The summed E-state index contributed by atoms with van der Waals surface area (Å²) in [6.07, 6.45) is 3.78. The molecule has 0 heterocycles. The first-order valence-corrected chi connectivity index (χ1v) is 9.17. The van der Waals surface area contributed by atoms with Gasteiger partial charge in [0.05, 0.1) is 9.92 Å². The monoisotopic (exact) mass is 387 g/mol. The maximum atomic E-state index is 12.0. The molecule has 1 rings (SSSR count). The van der Waals surface area contributed by atoms with E-state index in [1.54, 1.807) is 6.07 Å². The number of hydrogen-bond donors (Lipinski definition) is 1. The molecule has 3 nitrogen and oxygen atoms in total. The van der Waals surface area contributed by atoms with Gasteiger partial charge in [0.15, 0.2) is 0 Å². The van der Waals surface area contributed by atoms with Crippen LogP contribution in [0, 0.1) is 0 Å². The Morgan fingerprint density at radius 3 is 2.47 bits per heavy atom. The second kappa shape index (κ2) is 8.47. The number of unbranched alkanes of at least 4 members (excludes halogenated alkanes) is 3. The largest absolute Gasteiger partial charge is 0.240 e. The first-order chi connectivity index (χ1) is 8.97. The van der Waals surface area contributed by atoms with Crippen LogP contribution in [0.4, 0.5) is 0 Å². The van der Waals surface area contributed by atoms with E-state index in [-0.39, 0.29) is 4.90 Å². The van der Waals surface area contributed by atoms with E-state index in [4.69, 9.17) is 23.2 Å². The lowest BCUT2D eigenvalue weighted by Crippen LogP contribution is -2.24. The number of halogens is 3. The highest BCUT2D eigenvalue weighted by molar-refractivity contribution is 9.10. The van der Waals surface area contributed by atoms with Crippen molar-refractivity contribution in [2.24, 2.45) is 0 Å². The molecule has 1 aromatic carbocycles. The van der Waals surface area contributed by atoms with Crippen molar-refractivity contribution in [2.45, 2.75) is 30.6 Å². The number of hydrogen-bond acceptors (Lipinski definition) is 2. The average molecular weight is 389 g/mol. The molecule has 19 heavy (non-hydrogen) atoms. The second-order valence-corrected chi connectivity index (χ2v) is 7.48. The normalized spacial score (nSPS) is 11.7. The summed E-state index contributed by atoms with van der Waals surface area (Å²) in [6, 6.07) is 4.54. The van der Waals surface area contributed by atoms with Gasteiger partial charge in [-0.3, -0.25) is 0 Å². The van der Waals surface area contributed by atoms with Gasteiger partial charge in [0.25, 0.3) is 0 Å². The molecule has 0 atom stereocenters. The van der Waals surface area contributed by atoms with Gasteiger partial charge in [0.2, 0.25) is 10.0 Å². The molecule has 0 fully saturated rings. The fraction of sp³-hybridized carbons (Fsp3) is 0.500. The predicted molar refractivity (Wildman–Crippen MR) is 83.5 cm³/mol. The second-order valence-electron chi connectivity index (χ2n) is 4.08. The Hall–Kier alpha value is 0.190. The van der Waals surface area contributed by atoms with Gasteiger partial charge in [-0.25, -0.2) is 13.1 Å². The zero-order chi connectivity index (χ0) is 14.3. The van der Waals surface area contributed by atoms with Crippen LogP contribution in [0.1, 0.15) is 25.7 Å². The van der Waals surface area contributed by atoms with Gasteiger partial charge in [-0.05, 0) is 47.0 Å². The lowest BCUT2D eigenvalue weighted by molar-refractivity contribution is 0.573. The van der Waals surface area contributed by atoms with Crippen LogP contribution in [0.25, 0.3) is 0 Å². The van der Waals surface area contributed by atoms with Crippen LogP contribution in [0.2, 0.25) is 5.02 Å². The predicted octanol–water partition coefficient (Wildman–Crippen LogP) is 4.18. The minimum Gasteiger partial charge on any atom is -0.211 e. The van der Waals surface area contributed by atoms with Gasteiger partial charge in [-0.1, -0.05) is 24.4 Å². The van der Waals surface area contributed by atoms with Gasteiger partial charge in [-0.2, -0.15) is 0 Å². The molecule has 108 valence electrons. The summed E-state index contributed by atoms with van der Waals surface area (Å²) in [4.78, 5) is 0.213. The summed E-state index contributed by atoms with van der Waals surface area (Å²) in [6.45, 7) is 0.435.